The van der Waals surface area contributed by atoms with Gasteiger partial charge < -0.3 is 19.3 Å². The fourth-order valence-corrected chi connectivity index (χ4v) is 1.65. The van der Waals surface area contributed by atoms with Crippen LogP contribution in [0, 0.1) is 0 Å². The third kappa shape index (κ3) is 1.35. The molecule has 0 amide bonds. The monoisotopic (exact) mass is 174 g/mol. The SMILES string of the molecule is CCC(O)[C@@H]1C[C@H]2OCO[C@H]2O1. The lowest BCUT2D eigenvalue weighted by molar-refractivity contribution is -0.140. The standard InChI is InChI=1S/C8H14O4/c1-2-5(9)6-3-7-8(12-6)11-4-10-7/h5-9H,2-4H2,1H3/t5?,6-,7+,8-/m0/s1. The summed E-state index contributed by atoms with van der Waals surface area (Å²) >= 11 is 0. The molecule has 0 bridgehead atoms. The predicted octanol–water partition coefficient (Wildman–Crippen LogP) is 0.245. The molecule has 1 N–H and O–H groups in total. The minimum absolute atomic E-state index is 0.0381. The zero-order valence-electron chi connectivity index (χ0n) is 7.10. The van der Waals surface area contributed by atoms with E-state index >= 15 is 0 Å². The summed E-state index contributed by atoms with van der Waals surface area (Å²) in [7, 11) is 0. The molecule has 0 aromatic heterocycles. The van der Waals surface area contributed by atoms with Gasteiger partial charge in [-0.2, -0.15) is 0 Å². The van der Waals surface area contributed by atoms with E-state index in [2.05, 4.69) is 0 Å². The van der Waals surface area contributed by atoms with Crippen LogP contribution in [0.15, 0.2) is 0 Å². The van der Waals surface area contributed by atoms with Gasteiger partial charge in [0.15, 0.2) is 13.1 Å². The first-order valence-corrected chi connectivity index (χ1v) is 4.38. The third-order valence-electron chi connectivity index (χ3n) is 2.44. The van der Waals surface area contributed by atoms with E-state index in [0.717, 1.165) is 6.42 Å². The molecule has 0 aromatic carbocycles. The van der Waals surface area contributed by atoms with Crippen molar-refractivity contribution in [3.8, 4) is 0 Å². The molecule has 4 atom stereocenters. The molecule has 0 aliphatic carbocycles. The van der Waals surface area contributed by atoms with Crippen molar-refractivity contribution in [1.82, 2.24) is 0 Å². The number of aliphatic hydroxyl groups excluding tert-OH is 1. The van der Waals surface area contributed by atoms with Crippen molar-refractivity contribution in [2.45, 2.75) is 44.4 Å². The first-order chi connectivity index (χ1) is 5.81. The summed E-state index contributed by atoms with van der Waals surface area (Å²) in [6.45, 7) is 2.26. The number of fused-ring (bicyclic) bond motifs is 1. The number of rotatable bonds is 2. The summed E-state index contributed by atoms with van der Waals surface area (Å²) in [6.07, 6.45) is 0.768. The summed E-state index contributed by atoms with van der Waals surface area (Å²) in [5, 5.41) is 9.48. The molecule has 0 spiro atoms. The highest BCUT2D eigenvalue weighted by molar-refractivity contribution is 4.83. The van der Waals surface area contributed by atoms with Crippen LogP contribution in [0.25, 0.3) is 0 Å². The molecule has 2 fully saturated rings. The lowest BCUT2D eigenvalue weighted by Gasteiger charge is -2.16. The molecule has 1 unspecified atom stereocenters. The Morgan fingerprint density at radius 3 is 3.00 bits per heavy atom. The molecule has 4 nitrogen and oxygen atoms in total. The Morgan fingerprint density at radius 2 is 2.33 bits per heavy atom. The Kier molecular flexibility index (Phi) is 2.32. The van der Waals surface area contributed by atoms with E-state index in [0.29, 0.717) is 13.2 Å². The molecule has 2 rings (SSSR count). The maximum absolute atomic E-state index is 9.48. The van der Waals surface area contributed by atoms with Gasteiger partial charge in [0.1, 0.15) is 6.10 Å². The average molecular weight is 174 g/mol. The van der Waals surface area contributed by atoms with Gasteiger partial charge >= 0.3 is 0 Å². The molecular formula is C8H14O4. The van der Waals surface area contributed by atoms with Gasteiger partial charge in [0.25, 0.3) is 0 Å². The number of ether oxygens (including phenoxy) is 3. The molecule has 70 valence electrons. The minimum atomic E-state index is -0.386. The Labute approximate surface area is 71.4 Å². The minimum Gasteiger partial charge on any atom is -0.390 e. The smallest absolute Gasteiger partial charge is 0.187 e. The predicted molar refractivity (Wildman–Crippen MR) is 40.4 cm³/mol. The molecule has 0 aromatic rings. The van der Waals surface area contributed by atoms with E-state index in [1.165, 1.54) is 0 Å². The van der Waals surface area contributed by atoms with Gasteiger partial charge in [-0.3, -0.25) is 0 Å². The van der Waals surface area contributed by atoms with Gasteiger partial charge in [0, 0.05) is 6.42 Å². The molecule has 0 saturated carbocycles. The lowest BCUT2D eigenvalue weighted by atomic mass is 10.1. The highest BCUT2D eigenvalue weighted by Gasteiger charge is 2.42. The summed E-state index contributed by atoms with van der Waals surface area (Å²) in [6, 6.07) is 0. The number of hydrogen-bond donors (Lipinski definition) is 1. The molecule has 2 saturated heterocycles. The average Bonchev–Trinajstić information content (AvgIpc) is 2.60. The van der Waals surface area contributed by atoms with Gasteiger partial charge in [-0.05, 0) is 6.42 Å². The van der Waals surface area contributed by atoms with Crippen molar-refractivity contribution in [1.29, 1.82) is 0 Å². The van der Waals surface area contributed by atoms with Gasteiger partial charge in [-0.15, -0.1) is 0 Å². The van der Waals surface area contributed by atoms with Gasteiger partial charge in [0.05, 0.1) is 12.2 Å². The molecule has 2 heterocycles. The van der Waals surface area contributed by atoms with Crippen LogP contribution in [0.2, 0.25) is 0 Å². The number of hydrogen-bond acceptors (Lipinski definition) is 4. The van der Waals surface area contributed by atoms with Crippen LogP contribution in [0.1, 0.15) is 19.8 Å². The van der Waals surface area contributed by atoms with Crippen molar-refractivity contribution in [3.63, 3.8) is 0 Å². The van der Waals surface area contributed by atoms with Crippen molar-refractivity contribution in [2.24, 2.45) is 0 Å². The second-order valence-corrected chi connectivity index (χ2v) is 3.24. The van der Waals surface area contributed by atoms with Crippen LogP contribution in [0.5, 0.6) is 0 Å². The van der Waals surface area contributed by atoms with Crippen LogP contribution in [0.3, 0.4) is 0 Å². The maximum Gasteiger partial charge on any atom is 0.187 e. The fourth-order valence-electron chi connectivity index (χ4n) is 1.65. The second kappa shape index (κ2) is 3.30. The highest BCUT2D eigenvalue weighted by atomic mass is 16.8. The van der Waals surface area contributed by atoms with E-state index in [9.17, 15) is 5.11 Å². The molecule has 4 heteroatoms. The van der Waals surface area contributed by atoms with Crippen LogP contribution < -0.4 is 0 Å². The van der Waals surface area contributed by atoms with Crippen molar-refractivity contribution in [3.05, 3.63) is 0 Å². The molecule has 2 aliphatic rings. The quantitative estimate of drug-likeness (QED) is 0.651. The van der Waals surface area contributed by atoms with Crippen molar-refractivity contribution in [2.75, 3.05) is 6.79 Å². The molecule has 2 aliphatic heterocycles. The van der Waals surface area contributed by atoms with Crippen molar-refractivity contribution >= 4 is 0 Å². The maximum atomic E-state index is 9.48. The summed E-state index contributed by atoms with van der Waals surface area (Å²) in [4.78, 5) is 0. The Hall–Kier alpha value is -0.160. The van der Waals surface area contributed by atoms with Crippen molar-refractivity contribution < 1.29 is 19.3 Å². The first kappa shape index (κ1) is 8.44. The van der Waals surface area contributed by atoms with E-state index < -0.39 is 0 Å². The topological polar surface area (TPSA) is 47.9 Å². The normalized spacial score (nSPS) is 43.0. The zero-order chi connectivity index (χ0) is 8.55. The Bertz CT molecular complexity index is 149. The van der Waals surface area contributed by atoms with Crippen LogP contribution in [0.4, 0.5) is 0 Å². The first-order valence-electron chi connectivity index (χ1n) is 4.38. The van der Waals surface area contributed by atoms with Gasteiger partial charge in [-0.1, -0.05) is 6.92 Å². The molecule has 12 heavy (non-hydrogen) atoms. The molecule has 0 radical (unpaired) electrons. The van der Waals surface area contributed by atoms with Gasteiger partial charge in [-0.25, -0.2) is 0 Å². The van der Waals surface area contributed by atoms with E-state index in [1.807, 2.05) is 6.92 Å². The second-order valence-electron chi connectivity index (χ2n) is 3.24. The summed E-state index contributed by atoms with van der Waals surface area (Å²) in [5.74, 6) is 0. The largest absolute Gasteiger partial charge is 0.390 e. The highest BCUT2D eigenvalue weighted by Crippen LogP contribution is 2.30. The van der Waals surface area contributed by atoms with E-state index in [1.54, 1.807) is 0 Å². The van der Waals surface area contributed by atoms with Gasteiger partial charge in [0.2, 0.25) is 0 Å². The molecular weight excluding hydrogens is 160 g/mol. The summed E-state index contributed by atoms with van der Waals surface area (Å²) < 4.78 is 15.8. The zero-order valence-corrected chi connectivity index (χ0v) is 7.10. The third-order valence-corrected chi connectivity index (χ3v) is 2.44. The van der Waals surface area contributed by atoms with Crippen LogP contribution in [-0.2, 0) is 14.2 Å². The Balaban J connectivity index is 1.90. The Morgan fingerprint density at radius 1 is 1.50 bits per heavy atom. The lowest BCUT2D eigenvalue weighted by Crippen LogP contribution is -2.26. The van der Waals surface area contributed by atoms with E-state index in [-0.39, 0.29) is 24.6 Å². The number of aliphatic hydroxyl groups is 1. The fraction of sp³-hybridized carbons (Fsp3) is 1.00. The van der Waals surface area contributed by atoms with Crippen LogP contribution >= 0.6 is 0 Å². The van der Waals surface area contributed by atoms with Crippen LogP contribution in [-0.4, -0.2) is 36.5 Å². The van der Waals surface area contributed by atoms with E-state index in [4.69, 9.17) is 14.2 Å². The summed E-state index contributed by atoms with van der Waals surface area (Å²) in [5.41, 5.74) is 0.